The molecule has 2 saturated heterocycles. The van der Waals surface area contributed by atoms with E-state index in [1.807, 2.05) is 69.3 Å². The fraction of sp³-hybridized carbons (Fsp3) is 0.659. The summed E-state index contributed by atoms with van der Waals surface area (Å²) in [6, 6.07) is 15.0. The molecule has 1 saturated carbocycles. The van der Waals surface area contributed by atoms with Crippen molar-refractivity contribution in [2.24, 2.45) is 23.5 Å². The van der Waals surface area contributed by atoms with Gasteiger partial charge in [0.2, 0.25) is 11.8 Å². The Morgan fingerprint density at radius 1 is 1.04 bits per heavy atom. The maximum Gasteiger partial charge on any atom is 0.237 e. The lowest BCUT2D eigenvalue weighted by Gasteiger charge is -2.46. The van der Waals surface area contributed by atoms with E-state index in [9.17, 15) is 14.7 Å². The second-order valence-corrected chi connectivity index (χ2v) is 16.5. The molecule has 2 aliphatic heterocycles. The highest BCUT2D eigenvalue weighted by atomic mass is 16.5. The number of piperidine rings is 1. The Hall–Kier alpha value is -3.02. The van der Waals surface area contributed by atoms with Gasteiger partial charge in [0.1, 0.15) is 12.4 Å². The zero-order chi connectivity index (χ0) is 36.0. The van der Waals surface area contributed by atoms with Crippen molar-refractivity contribution in [1.82, 2.24) is 20.4 Å². The van der Waals surface area contributed by atoms with Crippen LogP contribution < -0.4 is 21.1 Å². The minimum atomic E-state index is -0.673. The van der Waals surface area contributed by atoms with Gasteiger partial charge in [0.05, 0.1) is 31.4 Å². The smallest absolute Gasteiger partial charge is 0.237 e. The number of benzene rings is 2. The molecular weight excluding hydrogens is 642 g/mol. The Labute approximate surface area is 304 Å². The molecule has 2 aromatic rings. The van der Waals surface area contributed by atoms with E-state index in [0.717, 1.165) is 68.3 Å². The Balaban J connectivity index is 1.14. The third kappa shape index (κ3) is 10.3. The molecule has 2 heterocycles. The Bertz CT molecular complexity index is 1440. The van der Waals surface area contributed by atoms with E-state index in [1.54, 1.807) is 0 Å². The van der Waals surface area contributed by atoms with E-state index in [1.165, 1.54) is 25.7 Å². The number of ether oxygens (including phenoxy) is 2. The number of nitrogens with two attached hydrogens (primary N) is 1. The molecular formula is C41H61N5O5. The van der Waals surface area contributed by atoms with Crippen LogP contribution in [0.2, 0.25) is 0 Å². The average molecular weight is 704 g/mol. The van der Waals surface area contributed by atoms with Crippen LogP contribution in [-0.4, -0.2) is 103 Å². The SMILES string of the molecule is CC(C)(C)NC(=O)[C@@H]1C[C@@H]2CCCC[C@@H]2CN1C[C@@H](N)C[C@H](Cc1ccc(OCCN2CCOCC2)cc1)C(=O)N[C@H]1c2ccccc2C[C@H]1O. The second kappa shape index (κ2) is 17.2. The molecule has 4 aliphatic rings. The lowest BCUT2D eigenvalue weighted by Crippen LogP contribution is -2.59. The quantitative estimate of drug-likeness (QED) is 0.248. The third-order valence-corrected chi connectivity index (χ3v) is 11.4. The summed E-state index contributed by atoms with van der Waals surface area (Å²) in [7, 11) is 0. The molecule has 0 radical (unpaired) electrons. The summed E-state index contributed by atoms with van der Waals surface area (Å²) in [6.07, 6.45) is 6.57. The molecule has 2 amide bonds. The first kappa shape index (κ1) is 37.7. The number of amides is 2. The molecule has 5 N–H and O–H groups in total. The van der Waals surface area contributed by atoms with Crippen LogP contribution in [0.4, 0.5) is 0 Å². The fourth-order valence-electron chi connectivity index (χ4n) is 8.79. The normalized spacial score (nSPS) is 26.8. The fourth-order valence-corrected chi connectivity index (χ4v) is 8.79. The van der Waals surface area contributed by atoms with Gasteiger partial charge >= 0.3 is 0 Å². The largest absolute Gasteiger partial charge is 0.492 e. The number of nitrogens with zero attached hydrogens (tertiary/aromatic N) is 2. The average Bonchev–Trinajstić information content (AvgIpc) is 3.42. The van der Waals surface area contributed by atoms with Crippen molar-refractivity contribution in [2.45, 2.75) is 102 Å². The van der Waals surface area contributed by atoms with Crippen LogP contribution in [-0.2, 0) is 27.2 Å². The molecule has 0 spiro atoms. The number of hydrogen-bond donors (Lipinski definition) is 4. The predicted octanol–water partition coefficient (Wildman–Crippen LogP) is 3.84. The highest BCUT2D eigenvalue weighted by molar-refractivity contribution is 5.82. The summed E-state index contributed by atoms with van der Waals surface area (Å²) in [5, 5.41) is 17.4. The van der Waals surface area contributed by atoms with Crippen molar-refractivity contribution < 1.29 is 24.2 Å². The van der Waals surface area contributed by atoms with Gasteiger partial charge in [-0.15, -0.1) is 0 Å². The van der Waals surface area contributed by atoms with Gasteiger partial charge in [-0.3, -0.25) is 19.4 Å². The lowest BCUT2D eigenvalue weighted by molar-refractivity contribution is -0.132. The van der Waals surface area contributed by atoms with Crippen molar-refractivity contribution in [2.75, 3.05) is 52.5 Å². The highest BCUT2D eigenvalue weighted by Crippen LogP contribution is 2.39. The molecule has 51 heavy (non-hydrogen) atoms. The first-order valence-corrected chi connectivity index (χ1v) is 19.4. The molecule has 0 bridgehead atoms. The van der Waals surface area contributed by atoms with E-state index in [-0.39, 0.29) is 29.4 Å². The number of likely N-dealkylation sites (tertiary alicyclic amines) is 1. The number of hydrogen-bond acceptors (Lipinski definition) is 8. The van der Waals surface area contributed by atoms with Gasteiger partial charge in [0.15, 0.2) is 0 Å². The predicted molar refractivity (Wildman–Crippen MR) is 199 cm³/mol. The van der Waals surface area contributed by atoms with Crippen LogP contribution in [0.25, 0.3) is 0 Å². The zero-order valence-electron chi connectivity index (χ0n) is 31.0. The summed E-state index contributed by atoms with van der Waals surface area (Å²) in [5.74, 6) is 1.53. The first-order chi connectivity index (χ1) is 24.5. The van der Waals surface area contributed by atoms with E-state index in [0.29, 0.717) is 44.2 Å². The second-order valence-electron chi connectivity index (χ2n) is 16.5. The van der Waals surface area contributed by atoms with Crippen molar-refractivity contribution in [3.8, 4) is 5.75 Å². The number of carbonyl (C=O) groups is 2. The van der Waals surface area contributed by atoms with E-state index >= 15 is 0 Å². The molecule has 2 aliphatic carbocycles. The van der Waals surface area contributed by atoms with Gasteiger partial charge in [-0.1, -0.05) is 55.7 Å². The minimum absolute atomic E-state index is 0.0779. The number of aliphatic hydroxyl groups excluding tert-OH is 1. The molecule has 10 heteroatoms. The number of nitrogens with one attached hydrogen (secondary N) is 2. The van der Waals surface area contributed by atoms with Crippen LogP contribution in [0.3, 0.4) is 0 Å². The molecule has 0 aromatic heterocycles. The maximum atomic E-state index is 14.2. The standard InChI is InChI=1S/C41H61N5O5/c1-41(2,3)44-40(49)36-24-29-8-4-5-10-31(29)26-46(36)27-33(42)23-32(39(48)43-38-35-11-7-6-9-30(35)25-37(38)47)22-28-12-14-34(15-13-28)51-21-18-45-16-19-50-20-17-45/h6-7,9,11-15,29,31-33,36-38,47H,4-5,8,10,16-27,42H2,1-3H3,(H,43,48)(H,44,49)/t29-,31+,32-,33-,36-,37+,38-/m0/s1. The van der Waals surface area contributed by atoms with Crippen LogP contribution in [0.5, 0.6) is 5.75 Å². The van der Waals surface area contributed by atoms with Gasteiger partial charge in [0, 0.05) is 56.6 Å². The zero-order valence-corrected chi connectivity index (χ0v) is 31.0. The minimum Gasteiger partial charge on any atom is -0.492 e. The molecule has 280 valence electrons. The maximum absolute atomic E-state index is 14.2. The number of morpholine rings is 1. The number of fused-ring (bicyclic) bond motifs is 2. The van der Waals surface area contributed by atoms with Gasteiger partial charge in [-0.2, -0.15) is 0 Å². The Kier molecular flexibility index (Phi) is 12.7. The van der Waals surface area contributed by atoms with Crippen molar-refractivity contribution in [1.29, 1.82) is 0 Å². The highest BCUT2D eigenvalue weighted by Gasteiger charge is 2.41. The summed E-state index contributed by atoms with van der Waals surface area (Å²) >= 11 is 0. The van der Waals surface area contributed by atoms with Crippen molar-refractivity contribution in [3.05, 3.63) is 65.2 Å². The van der Waals surface area contributed by atoms with Crippen LogP contribution in [0.15, 0.2) is 48.5 Å². The Morgan fingerprint density at radius 3 is 2.51 bits per heavy atom. The number of aliphatic hydroxyl groups is 1. The van der Waals surface area contributed by atoms with Crippen molar-refractivity contribution in [3.63, 3.8) is 0 Å². The van der Waals surface area contributed by atoms with Crippen LogP contribution in [0.1, 0.15) is 82.0 Å². The summed E-state index contributed by atoms with van der Waals surface area (Å²) in [4.78, 5) is 32.5. The molecule has 3 fully saturated rings. The molecule has 6 rings (SSSR count). The topological polar surface area (TPSA) is 129 Å². The van der Waals surface area contributed by atoms with Crippen LogP contribution in [0, 0.1) is 17.8 Å². The number of carbonyl (C=O) groups excluding carboxylic acids is 2. The van der Waals surface area contributed by atoms with E-state index in [2.05, 4.69) is 20.4 Å². The van der Waals surface area contributed by atoms with Gasteiger partial charge in [-0.05, 0) is 87.1 Å². The van der Waals surface area contributed by atoms with E-state index in [4.69, 9.17) is 15.2 Å². The first-order valence-electron chi connectivity index (χ1n) is 19.4. The molecule has 10 nitrogen and oxygen atoms in total. The van der Waals surface area contributed by atoms with Gasteiger partial charge in [0.25, 0.3) is 0 Å². The summed E-state index contributed by atoms with van der Waals surface area (Å²) < 4.78 is 11.5. The molecule has 2 aromatic carbocycles. The van der Waals surface area contributed by atoms with Crippen LogP contribution >= 0.6 is 0 Å². The molecule has 0 unspecified atom stereocenters. The Morgan fingerprint density at radius 2 is 1.76 bits per heavy atom. The lowest BCUT2D eigenvalue weighted by atomic mass is 9.72. The van der Waals surface area contributed by atoms with Gasteiger partial charge < -0.3 is 30.9 Å². The van der Waals surface area contributed by atoms with Gasteiger partial charge in [-0.25, -0.2) is 0 Å². The third-order valence-electron chi connectivity index (χ3n) is 11.4. The number of rotatable bonds is 13. The van der Waals surface area contributed by atoms with Crippen molar-refractivity contribution >= 4 is 11.8 Å². The van der Waals surface area contributed by atoms with E-state index < -0.39 is 18.1 Å². The monoisotopic (exact) mass is 703 g/mol. The molecule has 7 atom stereocenters. The summed E-state index contributed by atoms with van der Waals surface area (Å²) in [5.41, 5.74) is 9.73. The summed E-state index contributed by atoms with van der Waals surface area (Å²) in [6.45, 7) is 12.4.